The Bertz CT molecular complexity index is 628. The lowest BCUT2D eigenvalue weighted by Crippen LogP contribution is -2.38. The fourth-order valence-electron chi connectivity index (χ4n) is 2.37. The second-order valence-corrected chi connectivity index (χ2v) is 6.18. The number of carboxylic acids is 1. The molecule has 4 nitrogen and oxygen atoms in total. The zero-order valence-electron chi connectivity index (χ0n) is 10.2. The van der Waals surface area contributed by atoms with Crippen molar-refractivity contribution in [2.24, 2.45) is 5.92 Å². The summed E-state index contributed by atoms with van der Waals surface area (Å²) in [7, 11) is 0. The molecule has 0 unspecified atom stereocenters. The number of carboxylic acid groups (broad SMARTS) is 1. The minimum Gasteiger partial charge on any atom is -0.481 e. The van der Waals surface area contributed by atoms with Crippen LogP contribution in [0.4, 0.5) is 5.13 Å². The van der Waals surface area contributed by atoms with Gasteiger partial charge in [-0.05, 0) is 31.0 Å². The van der Waals surface area contributed by atoms with Crippen molar-refractivity contribution in [3.8, 4) is 0 Å². The van der Waals surface area contributed by atoms with E-state index in [1.807, 2.05) is 18.2 Å². The third kappa shape index (κ3) is 2.53. The predicted octanol–water partition coefficient (Wildman–Crippen LogP) is 3.25. The van der Waals surface area contributed by atoms with Crippen LogP contribution in [0.15, 0.2) is 18.2 Å². The summed E-state index contributed by atoms with van der Waals surface area (Å²) in [6, 6.07) is 5.62. The molecule has 1 saturated heterocycles. The molecule has 0 spiro atoms. The number of aromatic nitrogens is 1. The molecular formula is C13H13ClN2O2S. The average Bonchev–Trinajstić information content (AvgIpc) is 2.81. The third-order valence-corrected chi connectivity index (χ3v) is 4.69. The van der Waals surface area contributed by atoms with E-state index >= 15 is 0 Å². The summed E-state index contributed by atoms with van der Waals surface area (Å²) in [4.78, 5) is 17.7. The van der Waals surface area contributed by atoms with Crippen LogP contribution in [-0.2, 0) is 4.79 Å². The van der Waals surface area contributed by atoms with Crippen LogP contribution in [0.1, 0.15) is 12.8 Å². The van der Waals surface area contributed by atoms with Crippen LogP contribution < -0.4 is 4.90 Å². The van der Waals surface area contributed by atoms with Gasteiger partial charge in [-0.2, -0.15) is 0 Å². The van der Waals surface area contributed by atoms with E-state index < -0.39 is 5.97 Å². The van der Waals surface area contributed by atoms with Gasteiger partial charge in [0.1, 0.15) is 0 Å². The van der Waals surface area contributed by atoms with Gasteiger partial charge in [-0.25, -0.2) is 4.98 Å². The number of halogens is 1. The molecule has 1 aliphatic heterocycles. The molecule has 6 heteroatoms. The Morgan fingerprint density at radius 2 is 2.37 bits per heavy atom. The van der Waals surface area contributed by atoms with E-state index in [4.69, 9.17) is 16.7 Å². The smallest absolute Gasteiger partial charge is 0.308 e. The Kier molecular flexibility index (Phi) is 3.33. The van der Waals surface area contributed by atoms with E-state index in [-0.39, 0.29) is 5.92 Å². The van der Waals surface area contributed by atoms with Crippen molar-refractivity contribution in [2.75, 3.05) is 18.0 Å². The second kappa shape index (κ2) is 4.98. The predicted molar refractivity (Wildman–Crippen MR) is 77.2 cm³/mol. The van der Waals surface area contributed by atoms with Crippen molar-refractivity contribution >= 4 is 44.3 Å². The highest BCUT2D eigenvalue weighted by Crippen LogP contribution is 2.32. The van der Waals surface area contributed by atoms with Crippen LogP contribution in [0.25, 0.3) is 10.2 Å². The minimum atomic E-state index is -0.714. The Labute approximate surface area is 119 Å². The fraction of sp³-hybridized carbons (Fsp3) is 0.385. The molecule has 1 N–H and O–H groups in total. The highest BCUT2D eigenvalue weighted by atomic mass is 35.5. The fourth-order valence-corrected chi connectivity index (χ4v) is 3.65. The first-order valence-corrected chi connectivity index (χ1v) is 7.37. The number of fused-ring (bicyclic) bond motifs is 1. The maximum Gasteiger partial charge on any atom is 0.308 e. The number of hydrogen-bond donors (Lipinski definition) is 1. The summed E-state index contributed by atoms with van der Waals surface area (Å²) in [5.41, 5.74) is 0.918. The summed E-state index contributed by atoms with van der Waals surface area (Å²) < 4.78 is 1.04. The number of thiazole rings is 1. The van der Waals surface area contributed by atoms with Gasteiger partial charge in [-0.15, -0.1) is 0 Å². The number of nitrogens with zero attached hydrogens (tertiary/aromatic N) is 2. The standard InChI is InChI=1S/C13H13ClN2O2S/c14-9-3-4-10-11(6-9)19-13(15-10)16-5-1-2-8(7-16)12(17)18/h3-4,6,8H,1-2,5,7H2,(H,17,18)/t8-/m1/s1. The molecule has 0 aliphatic carbocycles. The first kappa shape index (κ1) is 12.7. The summed E-state index contributed by atoms with van der Waals surface area (Å²) in [6.07, 6.45) is 1.65. The maximum absolute atomic E-state index is 11.1. The lowest BCUT2D eigenvalue weighted by Gasteiger charge is -2.30. The minimum absolute atomic E-state index is 0.288. The Balaban J connectivity index is 1.89. The SMILES string of the molecule is O=C(O)[C@@H]1CCCN(c2nc3ccc(Cl)cc3s2)C1. The van der Waals surface area contributed by atoms with E-state index in [1.54, 1.807) is 11.3 Å². The van der Waals surface area contributed by atoms with E-state index in [0.29, 0.717) is 11.6 Å². The molecule has 2 heterocycles. The van der Waals surface area contributed by atoms with Gasteiger partial charge < -0.3 is 10.0 Å². The Morgan fingerprint density at radius 1 is 1.53 bits per heavy atom. The van der Waals surface area contributed by atoms with Gasteiger partial charge in [-0.3, -0.25) is 4.79 Å². The van der Waals surface area contributed by atoms with Crippen molar-refractivity contribution in [2.45, 2.75) is 12.8 Å². The number of carbonyl (C=O) groups is 1. The molecular weight excluding hydrogens is 284 g/mol. The Morgan fingerprint density at radius 3 is 3.16 bits per heavy atom. The summed E-state index contributed by atoms with van der Waals surface area (Å²) in [5.74, 6) is -1.00. The topological polar surface area (TPSA) is 53.4 Å². The van der Waals surface area contributed by atoms with Crippen molar-refractivity contribution in [1.29, 1.82) is 0 Å². The molecule has 1 fully saturated rings. The molecule has 100 valence electrons. The van der Waals surface area contributed by atoms with Crippen LogP contribution in [0.2, 0.25) is 5.02 Å². The molecule has 1 aromatic heterocycles. The highest BCUT2D eigenvalue weighted by Gasteiger charge is 2.26. The lowest BCUT2D eigenvalue weighted by molar-refractivity contribution is -0.141. The Hall–Kier alpha value is -1.33. The zero-order valence-corrected chi connectivity index (χ0v) is 11.7. The monoisotopic (exact) mass is 296 g/mol. The van der Waals surface area contributed by atoms with Crippen LogP contribution in [0, 0.1) is 5.92 Å². The number of piperidine rings is 1. The number of aliphatic carboxylic acids is 1. The highest BCUT2D eigenvalue weighted by molar-refractivity contribution is 7.22. The molecule has 0 saturated carbocycles. The molecule has 0 bridgehead atoms. The number of benzene rings is 1. The molecule has 1 aliphatic rings. The van der Waals surface area contributed by atoms with Gasteiger partial charge >= 0.3 is 5.97 Å². The number of hydrogen-bond acceptors (Lipinski definition) is 4. The van der Waals surface area contributed by atoms with Crippen LogP contribution in [-0.4, -0.2) is 29.1 Å². The van der Waals surface area contributed by atoms with Crippen LogP contribution >= 0.6 is 22.9 Å². The molecule has 1 aromatic carbocycles. The van der Waals surface area contributed by atoms with Gasteiger partial charge in [0.15, 0.2) is 5.13 Å². The first-order valence-electron chi connectivity index (χ1n) is 6.17. The molecule has 1 atom stereocenters. The molecule has 0 amide bonds. The van der Waals surface area contributed by atoms with Gasteiger partial charge in [0.05, 0.1) is 16.1 Å². The van der Waals surface area contributed by atoms with Crippen molar-refractivity contribution in [1.82, 2.24) is 4.98 Å². The molecule has 2 aromatic rings. The number of anilines is 1. The number of rotatable bonds is 2. The zero-order chi connectivity index (χ0) is 13.4. The van der Waals surface area contributed by atoms with Crippen molar-refractivity contribution < 1.29 is 9.90 Å². The van der Waals surface area contributed by atoms with Gasteiger partial charge in [-0.1, -0.05) is 22.9 Å². The summed E-state index contributed by atoms with van der Waals surface area (Å²) in [5, 5.41) is 10.7. The second-order valence-electron chi connectivity index (χ2n) is 4.73. The molecule has 3 rings (SSSR count). The summed E-state index contributed by atoms with van der Waals surface area (Å²) in [6.45, 7) is 1.42. The first-order chi connectivity index (χ1) is 9.13. The van der Waals surface area contributed by atoms with E-state index in [2.05, 4.69) is 9.88 Å². The van der Waals surface area contributed by atoms with Gasteiger partial charge in [0.25, 0.3) is 0 Å². The van der Waals surface area contributed by atoms with Crippen molar-refractivity contribution in [3.63, 3.8) is 0 Å². The largest absolute Gasteiger partial charge is 0.481 e. The van der Waals surface area contributed by atoms with E-state index in [9.17, 15) is 4.79 Å². The van der Waals surface area contributed by atoms with Gasteiger partial charge in [0.2, 0.25) is 0 Å². The van der Waals surface area contributed by atoms with Crippen molar-refractivity contribution in [3.05, 3.63) is 23.2 Å². The van der Waals surface area contributed by atoms with E-state index in [1.165, 1.54) is 0 Å². The third-order valence-electron chi connectivity index (χ3n) is 3.38. The van der Waals surface area contributed by atoms with Crippen LogP contribution in [0.5, 0.6) is 0 Å². The normalized spacial score (nSPS) is 19.8. The maximum atomic E-state index is 11.1. The lowest BCUT2D eigenvalue weighted by atomic mass is 9.99. The van der Waals surface area contributed by atoms with E-state index in [0.717, 1.165) is 34.7 Å². The molecule has 19 heavy (non-hydrogen) atoms. The van der Waals surface area contributed by atoms with Gasteiger partial charge in [0, 0.05) is 18.1 Å². The quantitative estimate of drug-likeness (QED) is 0.924. The summed E-state index contributed by atoms with van der Waals surface area (Å²) >= 11 is 7.54. The average molecular weight is 297 g/mol. The molecule has 0 radical (unpaired) electrons. The van der Waals surface area contributed by atoms with Crippen LogP contribution in [0.3, 0.4) is 0 Å².